The molecule has 0 unspecified atom stereocenters. The Kier molecular flexibility index (Phi) is 3.74. The molecule has 0 aliphatic carbocycles. The number of aromatic nitrogens is 1. The minimum atomic E-state index is -0.363. The molecule has 0 N–H and O–H groups in total. The maximum atomic E-state index is 13.6. The highest BCUT2D eigenvalue weighted by molar-refractivity contribution is 5.90. The molecule has 0 atom stereocenters. The van der Waals surface area contributed by atoms with Gasteiger partial charge in [-0.05, 0) is 18.2 Å². The van der Waals surface area contributed by atoms with Gasteiger partial charge in [0, 0.05) is 30.9 Å². The molecule has 0 radical (unpaired) electrons. The van der Waals surface area contributed by atoms with E-state index < -0.39 is 0 Å². The van der Waals surface area contributed by atoms with Crippen LogP contribution in [0.25, 0.3) is 22.2 Å². The molecular weight excluding hydrogens is 311 g/mol. The second-order valence-electron chi connectivity index (χ2n) is 5.59. The molecule has 1 aliphatic rings. The molecule has 5 nitrogen and oxygen atoms in total. The van der Waals surface area contributed by atoms with Crippen molar-refractivity contribution in [1.82, 2.24) is 4.98 Å². The van der Waals surface area contributed by atoms with Crippen LogP contribution < -0.4 is 10.3 Å². The number of fused-ring (bicyclic) bond motifs is 1. The molecule has 0 amide bonds. The molecule has 0 bridgehead atoms. The molecule has 1 saturated heterocycles. The fraction of sp³-hybridized carbons (Fsp3) is 0.222. The molecule has 1 aromatic carbocycles. The first-order valence-corrected chi connectivity index (χ1v) is 7.74. The summed E-state index contributed by atoms with van der Waals surface area (Å²) in [5, 5.41) is 0.432. The molecule has 0 saturated carbocycles. The van der Waals surface area contributed by atoms with Crippen molar-refractivity contribution in [3.8, 4) is 11.3 Å². The van der Waals surface area contributed by atoms with Gasteiger partial charge in [-0.2, -0.15) is 0 Å². The lowest BCUT2D eigenvalue weighted by atomic mass is 10.1. The van der Waals surface area contributed by atoms with E-state index in [1.54, 1.807) is 18.2 Å². The summed E-state index contributed by atoms with van der Waals surface area (Å²) in [6, 6.07) is 9.20. The van der Waals surface area contributed by atoms with E-state index in [1.807, 2.05) is 4.90 Å². The van der Waals surface area contributed by atoms with Gasteiger partial charge in [-0.15, -0.1) is 0 Å². The number of benzene rings is 1. The van der Waals surface area contributed by atoms with Gasteiger partial charge >= 0.3 is 0 Å². The SMILES string of the molecule is O=c1cc(N2CCOCC2)oc2c(-c3cccc(F)c3)nccc12. The number of halogens is 1. The van der Waals surface area contributed by atoms with Crippen LogP contribution in [0.4, 0.5) is 10.3 Å². The van der Waals surface area contributed by atoms with Crippen LogP contribution in [0.2, 0.25) is 0 Å². The Bertz CT molecular complexity index is 948. The van der Waals surface area contributed by atoms with Crippen LogP contribution in [0.1, 0.15) is 0 Å². The zero-order valence-corrected chi connectivity index (χ0v) is 12.9. The van der Waals surface area contributed by atoms with E-state index in [0.717, 1.165) is 0 Å². The highest BCUT2D eigenvalue weighted by atomic mass is 19.1. The van der Waals surface area contributed by atoms with Crippen LogP contribution in [0.3, 0.4) is 0 Å². The summed E-state index contributed by atoms with van der Waals surface area (Å²) in [5.41, 5.74) is 1.26. The zero-order valence-electron chi connectivity index (χ0n) is 12.9. The third-order valence-electron chi connectivity index (χ3n) is 4.05. The first kappa shape index (κ1) is 14.8. The van der Waals surface area contributed by atoms with Gasteiger partial charge in [0.25, 0.3) is 0 Å². The Morgan fingerprint density at radius 2 is 1.96 bits per heavy atom. The van der Waals surface area contributed by atoms with Gasteiger partial charge in [0.2, 0.25) is 0 Å². The fourth-order valence-electron chi connectivity index (χ4n) is 2.85. The Balaban J connectivity index is 1.91. The summed E-state index contributed by atoms with van der Waals surface area (Å²) < 4.78 is 24.9. The highest BCUT2D eigenvalue weighted by Crippen LogP contribution is 2.28. The molecule has 0 spiro atoms. The van der Waals surface area contributed by atoms with Gasteiger partial charge in [-0.25, -0.2) is 4.39 Å². The van der Waals surface area contributed by atoms with Gasteiger partial charge in [0.05, 0.1) is 18.6 Å². The number of pyridine rings is 1. The topological polar surface area (TPSA) is 55.6 Å². The third-order valence-corrected chi connectivity index (χ3v) is 4.05. The minimum Gasteiger partial charge on any atom is -0.438 e. The highest BCUT2D eigenvalue weighted by Gasteiger charge is 2.17. The molecule has 24 heavy (non-hydrogen) atoms. The van der Waals surface area contributed by atoms with Gasteiger partial charge in [-0.3, -0.25) is 9.78 Å². The van der Waals surface area contributed by atoms with Crippen molar-refractivity contribution in [3.63, 3.8) is 0 Å². The number of nitrogens with zero attached hydrogens (tertiary/aromatic N) is 2. The molecular formula is C18H15FN2O3. The predicted octanol–water partition coefficient (Wildman–Crippen LogP) is 2.83. The number of anilines is 1. The molecule has 4 rings (SSSR count). The van der Waals surface area contributed by atoms with Crippen molar-refractivity contribution < 1.29 is 13.5 Å². The second kappa shape index (κ2) is 6.05. The van der Waals surface area contributed by atoms with Gasteiger partial charge < -0.3 is 14.1 Å². The third kappa shape index (κ3) is 2.65. The van der Waals surface area contributed by atoms with Gasteiger partial charge in [0.15, 0.2) is 16.9 Å². The maximum absolute atomic E-state index is 13.6. The first-order valence-electron chi connectivity index (χ1n) is 7.74. The number of hydrogen-bond acceptors (Lipinski definition) is 5. The minimum absolute atomic E-state index is 0.141. The summed E-state index contributed by atoms with van der Waals surface area (Å²) in [6.45, 7) is 2.49. The Morgan fingerprint density at radius 3 is 2.75 bits per heavy atom. The fourth-order valence-corrected chi connectivity index (χ4v) is 2.85. The van der Waals surface area contributed by atoms with E-state index >= 15 is 0 Å². The monoisotopic (exact) mass is 326 g/mol. The van der Waals surface area contributed by atoms with Crippen LogP contribution in [0.15, 0.2) is 51.8 Å². The lowest BCUT2D eigenvalue weighted by Gasteiger charge is -2.27. The summed E-state index contributed by atoms with van der Waals surface area (Å²) in [5.74, 6) is 0.124. The summed E-state index contributed by atoms with van der Waals surface area (Å²) in [4.78, 5) is 18.7. The number of hydrogen-bond donors (Lipinski definition) is 0. The van der Waals surface area contributed by atoms with E-state index in [2.05, 4.69) is 4.98 Å². The van der Waals surface area contributed by atoms with Gasteiger partial charge in [-0.1, -0.05) is 12.1 Å². The maximum Gasteiger partial charge on any atom is 0.200 e. The molecule has 2 aromatic heterocycles. The van der Waals surface area contributed by atoms with Crippen molar-refractivity contribution in [2.24, 2.45) is 0 Å². The molecule has 122 valence electrons. The molecule has 1 aliphatic heterocycles. The van der Waals surface area contributed by atoms with E-state index in [9.17, 15) is 9.18 Å². The van der Waals surface area contributed by atoms with Gasteiger partial charge in [0.1, 0.15) is 11.5 Å². The normalized spacial score (nSPS) is 15.0. The van der Waals surface area contributed by atoms with Crippen molar-refractivity contribution in [1.29, 1.82) is 0 Å². The smallest absolute Gasteiger partial charge is 0.200 e. The number of ether oxygens (including phenoxy) is 1. The Labute approximate surface area is 137 Å². The predicted molar refractivity (Wildman–Crippen MR) is 88.7 cm³/mol. The van der Waals surface area contributed by atoms with Crippen LogP contribution in [-0.4, -0.2) is 31.3 Å². The van der Waals surface area contributed by atoms with E-state index in [4.69, 9.17) is 9.15 Å². The number of morpholine rings is 1. The van der Waals surface area contributed by atoms with Crippen LogP contribution >= 0.6 is 0 Å². The van der Waals surface area contributed by atoms with E-state index in [-0.39, 0.29) is 11.2 Å². The standard InChI is InChI=1S/C18H15FN2O3/c19-13-3-1-2-12(10-13)17-18-14(4-5-20-17)15(22)11-16(24-18)21-6-8-23-9-7-21/h1-5,10-11H,6-9H2. The Hall–Kier alpha value is -2.73. The van der Waals surface area contributed by atoms with Crippen molar-refractivity contribution in [2.45, 2.75) is 0 Å². The summed E-state index contributed by atoms with van der Waals surface area (Å²) in [7, 11) is 0. The second-order valence-corrected chi connectivity index (χ2v) is 5.59. The lowest BCUT2D eigenvalue weighted by molar-refractivity contribution is 0.121. The molecule has 3 heterocycles. The number of rotatable bonds is 2. The van der Waals surface area contributed by atoms with Crippen LogP contribution in [0.5, 0.6) is 0 Å². The summed E-state index contributed by atoms with van der Waals surface area (Å²) in [6.07, 6.45) is 1.54. The lowest BCUT2D eigenvalue weighted by Crippen LogP contribution is -2.36. The van der Waals surface area contributed by atoms with Crippen molar-refractivity contribution in [3.05, 3.63) is 58.6 Å². The average Bonchev–Trinajstić information content (AvgIpc) is 2.62. The van der Waals surface area contributed by atoms with Crippen molar-refractivity contribution in [2.75, 3.05) is 31.2 Å². The summed E-state index contributed by atoms with van der Waals surface area (Å²) >= 11 is 0. The average molecular weight is 326 g/mol. The van der Waals surface area contributed by atoms with E-state index in [1.165, 1.54) is 24.4 Å². The van der Waals surface area contributed by atoms with Crippen molar-refractivity contribution >= 4 is 16.9 Å². The first-order chi connectivity index (χ1) is 11.7. The quantitative estimate of drug-likeness (QED) is 0.725. The molecule has 3 aromatic rings. The molecule has 6 heteroatoms. The molecule has 1 fully saturated rings. The largest absolute Gasteiger partial charge is 0.438 e. The zero-order chi connectivity index (χ0) is 16.5. The van der Waals surface area contributed by atoms with Crippen LogP contribution in [-0.2, 0) is 4.74 Å². The van der Waals surface area contributed by atoms with Crippen LogP contribution in [0, 0.1) is 5.82 Å². The Morgan fingerprint density at radius 1 is 1.12 bits per heavy atom. The van der Waals surface area contributed by atoms with E-state index in [0.29, 0.717) is 54.4 Å².